The molecule has 1 aromatic heterocycles. The second-order valence-corrected chi connectivity index (χ2v) is 6.07. The number of anilines is 2. The van der Waals surface area contributed by atoms with Crippen molar-refractivity contribution in [3.63, 3.8) is 0 Å². The maximum atomic E-state index is 11.9. The van der Waals surface area contributed by atoms with Crippen molar-refractivity contribution in [3.8, 4) is 0 Å². The van der Waals surface area contributed by atoms with E-state index in [4.69, 9.17) is 10.5 Å². The van der Waals surface area contributed by atoms with Crippen LogP contribution in [0.1, 0.15) is 20.8 Å². The maximum absolute atomic E-state index is 11.9. The summed E-state index contributed by atoms with van der Waals surface area (Å²) in [6.07, 6.45) is -0.289. The number of nitrogens with zero attached hydrogens (tertiary/aromatic N) is 3. The Kier molecular flexibility index (Phi) is 3.74. The van der Waals surface area contributed by atoms with Crippen molar-refractivity contribution in [2.75, 3.05) is 30.8 Å². The predicted molar refractivity (Wildman–Crippen MR) is 78.6 cm³/mol. The summed E-state index contributed by atoms with van der Waals surface area (Å²) in [4.78, 5) is 19.9. The molecule has 0 spiro atoms. The van der Waals surface area contributed by atoms with E-state index in [9.17, 15) is 4.79 Å². The SMILES string of the molecule is CN(C(=O)OC(C)(C)C)C1CN(c2cccc(N)n2)C1. The molecular weight excluding hydrogens is 256 g/mol. The van der Waals surface area contributed by atoms with Crippen LogP contribution in [0.4, 0.5) is 16.4 Å². The van der Waals surface area contributed by atoms with Gasteiger partial charge in [0.1, 0.15) is 17.2 Å². The summed E-state index contributed by atoms with van der Waals surface area (Å²) in [5.41, 5.74) is 5.20. The lowest BCUT2D eigenvalue weighted by molar-refractivity contribution is 0.0196. The largest absolute Gasteiger partial charge is 0.444 e. The Morgan fingerprint density at radius 1 is 1.45 bits per heavy atom. The van der Waals surface area contributed by atoms with Crippen molar-refractivity contribution in [1.29, 1.82) is 0 Å². The summed E-state index contributed by atoms with van der Waals surface area (Å²) in [5.74, 6) is 1.35. The van der Waals surface area contributed by atoms with Crippen LogP contribution in [0, 0.1) is 0 Å². The van der Waals surface area contributed by atoms with Crippen molar-refractivity contribution < 1.29 is 9.53 Å². The van der Waals surface area contributed by atoms with Crippen molar-refractivity contribution >= 4 is 17.7 Å². The molecule has 0 aliphatic carbocycles. The van der Waals surface area contributed by atoms with Gasteiger partial charge < -0.3 is 20.3 Å². The number of nitrogen functional groups attached to an aromatic ring is 1. The Bertz CT molecular complexity index is 492. The van der Waals surface area contributed by atoms with Gasteiger partial charge in [-0.3, -0.25) is 0 Å². The molecule has 6 heteroatoms. The molecule has 2 heterocycles. The highest BCUT2D eigenvalue weighted by atomic mass is 16.6. The number of nitrogens with two attached hydrogens (primary N) is 1. The normalized spacial score (nSPS) is 15.7. The lowest BCUT2D eigenvalue weighted by Crippen LogP contribution is -2.60. The smallest absolute Gasteiger partial charge is 0.410 e. The minimum absolute atomic E-state index is 0.146. The molecule has 1 fully saturated rings. The van der Waals surface area contributed by atoms with Crippen LogP contribution in [0.15, 0.2) is 18.2 Å². The topological polar surface area (TPSA) is 71.7 Å². The number of amides is 1. The van der Waals surface area contributed by atoms with Crippen LogP contribution >= 0.6 is 0 Å². The molecule has 0 radical (unpaired) electrons. The first kappa shape index (κ1) is 14.4. The van der Waals surface area contributed by atoms with Crippen LogP contribution in [0.5, 0.6) is 0 Å². The van der Waals surface area contributed by atoms with Gasteiger partial charge in [0.05, 0.1) is 6.04 Å². The summed E-state index contributed by atoms with van der Waals surface area (Å²) in [6, 6.07) is 5.70. The Balaban J connectivity index is 1.88. The van der Waals surface area contributed by atoms with E-state index in [2.05, 4.69) is 9.88 Å². The summed E-state index contributed by atoms with van der Waals surface area (Å²) >= 11 is 0. The van der Waals surface area contributed by atoms with Gasteiger partial charge in [-0.2, -0.15) is 0 Å². The van der Waals surface area contributed by atoms with Crippen LogP contribution in [-0.4, -0.2) is 47.8 Å². The fourth-order valence-corrected chi connectivity index (χ4v) is 1.99. The fourth-order valence-electron chi connectivity index (χ4n) is 1.99. The first-order valence-electron chi connectivity index (χ1n) is 6.69. The highest BCUT2D eigenvalue weighted by Gasteiger charge is 2.35. The van der Waals surface area contributed by atoms with Gasteiger partial charge in [0.25, 0.3) is 0 Å². The van der Waals surface area contributed by atoms with Crippen LogP contribution < -0.4 is 10.6 Å². The zero-order valence-corrected chi connectivity index (χ0v) is 12.5. The van der Waals surface area contributed by atoms with E-state index in [-0.39, 0.29) is 12.1 Å². The molecule has 1 aliphatic rings. The average Bonchev–Trinajstić information content (AvgIpc) is 2.24. The molecule has 0 unspecified atom stereocenters. The van der Waals surface area contributed by atoms with E-state index in [1.165, 1.54) is 0 Å². The maximum Gasteiger partial charge on any atom is 0.410 e. The lowest BCUT2D eigenvalue weighted by Gasteiger charge is -2.44. The molecule has 1 aromatic rings. The molecule has 2 N–H and O–H groups in total. The molecule has 20 heavy (non-hydrogen) atoms. The van der Waals surface area contributed by atoms with Gasteiger partial charge in [-0.25, -0.2) is 9.78 Å². The highest BCUT2D eigenvalue weighted by molar-refractivity contribution is 5.69. The van der Waals surface area contributed by atoms with Crippen molar-refractivity contribution in [3.05, 3.63) is 18.2 Å². The molecule has 6 nitrogen and oxygen atoms in total. The number of hydrogen-bond acceptors (Lipinski definition) is 5. The third-order valence-corrected chi connectivity index (χ3v) is 3.17. The number of likely N-dealkylation sites (N-methyl/N-ethyl adjacent to an activating group) is 1. The Morgan fingerprint density at radius 2 is 2.10 bits per heavy atom. The number of hydrogen-bond donors (Lipinski definition) is 1. The summed E-state index contributed by atoms with van der Waals surface area (Å²) in [6.45, 7) is 7.08. The van der Waals surface area contributed by atoms with E-state index >= 15 is 0 Å². The van der Waals surface area contributed by atoms with E-state index < -0.39 is 5.60 Å². The molecule has 0 aromatic carbocycles. The van der Waals surface area contributed by atoms with Crippen LogP contribution in [-0.2, 0) is 4.74 Å². The van der Waals surface area contributed by atoms with Gasteiger partial charge in [-0.05, 0) is 32.9 Å². The molecule has 1 aliphatic heterocycles. The third-order valence-electron chi connectivity index (χ3n) is 3.17. The number of rotatable bonds is 2. The number of pyridine rings is 1. The zero-order valence-electron chi connectivity index (χ0n) is 12.5. The number of ether oxygens (including phenoxy) is 1. The van der Waals surface area contributed by atoms with Gasteiger partial charge >= 0.3 is 6.09 Å². The van der Waals surface area contributed by atoms with Crippen molar-refractivity contribution in [1.82, 2.24) is 9.88 Å². The standard InChI is InChI=1S/C14H22N4O2/c1-14(2,3)20-13(19)17(4)10-8-18(9-10)12-7-5-6-11(15)16-12/h5-7,10H,8-9H2,1-4H3,(H2,15,16). The van der Waals surface area contributed by atoms with Gasteiger partial charge in [0.15, 0.2) is 0 Å². The second-order valence-electron chi connectivity index (χ2n) is 6.07. The lowest BCUT2D eigenvalue weighted by atomic mass is 10.1. The third kappa shape index (κ3) is 3.31. The molecular formula is C14H22N4O2. The van der Waals surface area contributed by atoms with E-state index in [0.717, 1.165) is 18.9 Å². The van der Waals surface area contributed by atoms with Crippen molar-refractivity contribution in [2.24, 2.45) is 0 Å². The Morgan fingerprint density at radius 3 is 2.65 bits per heavy atom. The number of aromatic nitrogens is 1. The van der Waals surface area contributed by atoms with Gasteiger partial charge in [0.2, 0.25) is 0 Å². The molecule has 1 amide bonds. The molecule has 110 valence electrons. The van der Waals surface area contributed by atoms with Crippen LogP contribution in [0.2, 0.25) is 0 Å². The quantitative estimate of drug-likeness (QED) is 0.891. The van der Waals surface area contributed by atoms with Gasteiger partial charge in [-0.15, -0.1) is 0 Å². The van der Waals surface area contributed by atoms with E-state index in [1.807, 2.05) is 32.9 Å². The summed E-state index contributed by atoms with van der Waals surface area (Å²) in [7, 11) is 1.77. The summed E-state index contributed by atoms with van der Waals surface area (Å²) in [5, 5.41) is 0. The second kappa shape index (κ2) is 5.19. The molecule has 0 bridgehead atoms. The fraction of sp³-hybridized carbons (Fsp3) is 0.571. The van der Waals surface area contributed by atoms with E-state index in [0.29, 0.717) is 5.82 Å². The Labute approximate surface area is 119 Å². The minimum Gasteiger partial charge on any atom is -0.444 e. The molecule has 0 saturated carbocycles. The highest BCUT2D eigenvalue weighted by Crippen LogP contribution is 2.23. The van der Waals surface area contributed by atoms with Gasteiger partial charge in [-0.1, -0.05) is 6.07 Å². The first-order valence-corrected chi connectivity index (χ1v) is 6.69. The minimum atomic E-state index is -0.468. The Hall–Kier alpha value is -1.98. The summed E-state index contributed by atoms with van der Waals surface area (Å²) < 4.78 is 5.35. The average molecular weight is 278 g/mol. The van der Waals surface area contributed by atoms with Gasteiger partial charge in [0, 0.05) is 20.1 Å². The van der Waals surface area contributed by atoms with Crippen LogP contribution in [0.25, 0.3) is 0 Å². The molecule has 2 rings (SSSR count). The molecule has 1 saturated heterocycles. The first-order chi connectivity index (χ1) is 9.26. The van der Waals surface area contributed by atoms with E-state index in [1.54, 1.807) is 18.0 Å². The van der Waals surface area contributed by atoms with Crippen molar-refractivity contribution in [2.45, 2.75) is 32.4 Å². The molecule has 0 atom stereocenters. The zero-order chi connectivity index (χ0) is 14.9. The number of carbonyl (C=O) groups excluding carboxylic acids is 1. The van der Waals surface area contributed by atoms with Crippen LogP contribution in [0.3, 0.4) is 0 Å². The predicted octanol–water partition coefficient (Wildman–Crippen LogP) is 1.72. The monoisotopic (exact) mass is 278 g/mol. The number of carbonyl (C=O) groups is 1.